The van der Waals surface area contributed by atoms with Gasteiger partial charge in [0, 0.05) is 31.5 Å². The molecule has 84 valence electrons. The van der Waals surface area contributed by atoms with Gasteiger partial charge < -0.3 is 0 Å². The molecule has 2 nitrogen and oxygen atoms in total. The van der Waals surface area contributed by atoms with Gasteiger partial charge in [-0.1, -0.05) is 6.07 Å². The smallest absolute Gasteiger partial charge is 0.0391 e. The maximum absolute atomic E-state index is 4.29. The largest absolute Gasteiger partial charge is 0.295 e. The molecule has 2 heteroatoms. The van der Waals surface area contributed by atoms with Crippen molar-refractivity contribution >= 4 is 0 Å². The van der Waals surface area contributed by atoms with E-state index < -0.39 is 0 Å². The highest BCUT2D eigenvalue weighted by Crippen LogP contribution is 2.51. The van der Waals surface area contributed by atoms with Crippen molar-refractivity contribution in [1.82, 2.24) is 9.88 Å². The topological polar surface area (TPSA) is 16.1 Å². The molecule has 4 aliphatic rings. The van der Waals surface area contributed by atoms with E-state index in [1.54, 1.807) is 0 Å². The third-order valence-corrected chi connectivity index (χ3v) is 4.79. The molecular weight excluding hydrogens is 196 g/mol. The molecule has 3 atom stereocenters. The van der Waals surface area contributed by atoms with Gasteiger partial charge in [0.25, 0.3) is 0 Å². The Morgan fingerprint density at radius 1 is 1.12 bits per heavy atom. The predicted octanol–water partition coefficient (Wildman–Crippen LogP) is 2.48. The number of nitrogens with zero attached hydrogens (tertiary/aromatic N) is 2. The number of hydrogen-bond acceptors (Lipinski definition) is 2. The highest BCUT2D eigenvalue weighted by Gasteiger charge is 2.47. The van der Waals surface area contributed by atoms with E-state index >= 15 is 0 Å². The summed E-state index contributed by atoms with van der Waals surface area (Å²) in [4.78, 5) is 7.02. The normalized spacial score (nSPS) is 44.9. The Morgan fingerprint density at radius 2 is 1.94 bits per heavy atom. The molecule has 0 radical (unpaired) electrons. The van der Waals surface area contributed by atoms with Crippen LogP contribution in [-0.4, -0.2) is 23.0 Å². The highest BCUT2D eigenvalue weighted by molar-refractivity contribution is 5.18. The van der Waals surface area contributed by atoms with Crippen LogP contribution in [0.15, 0.2) is 24.5 Å². The first kappa shape index (κ1) is 9.17. The van der Waals surface area contributed by atoms with Crippen LogP contribution in [0.2, 0.25) is 0 Å². The maximum atomic E-state index is 4.29. The van der Waals surface area contributed by atoms with E-state index in [2.05, 4.69) is 28.2 Å². The van der Waals surface area contributed by atoms with Gasteiger partial charge in [0.2, 0.25) is 0 Å². The summed E-state index contributed by atoms with van der Waals surface area (Å²) in [5, 5.41) is 0. The maximum Gasteiger partial charge on any atom is 0.0391 e. The van der Waals surface area contributed by atoms with Gasteiger partial charge in [-0.15, -0.1) is 0 Å². The summed E-state index contributed by atoms with van der Waals surface area (Å²) in [7, 11) is 0. The Morgan fingerprint density at radius 3 is 2.56 bits per heavy atom. The van der Waals surface area contributed by atoms with Crippen molar-refractivity contribution < 1.29 is 0 Å². The number of pyridine rings is 1. The fraction of sp³-hybridized carbons (Fsp3) is 0.643. The SMILES string of the molecule is c1cncc(C2C3CC4CC(C3)CN2C4)c1. The second kappa shape index (κ2) is 3.30. The van der Waals surface area contributed by atoms with E-state index in [0.717, 1.165) is 17.8 Å². The minimum Gasteiger partial charge on any atom is -0.295 e. The quantitative estimate of drug-likeness (QED) is 0.714. The summed E-state index contributed by atoms with van der Waals surface area (Å²) in [6.07, 6.45) is 8.40. The predicted molar refractivity (Wildman–Crippen MR) is 62.9 cm³/mol. The Balaban J connectivity index is 1.70. The molecule has 0 spiro atoms. The summed E-state index contributed by atoms with van der Waals surface area (Å²) in [6, 6.07) is 5.03. The zero-order chi connectivity index (χ0) is 10.5. The molecule has 4 bridgehead atoms. The minimum absolute atomic E-state index is 0.682. The third kappa shape index (κ3) is 1.26. The van der Waals surface area contributed by atoms with Gasteiger partial charge in [-0.05, 0) is 48.6 Å². The monoisotopic (exact) mass is 214 g/mol. The summed E-state index contributed by atoms with van der Waals surface area (Å²) in [5.74, 6) is 2.92. The number of piperidine rings is 3. The molecule has 3 aliphatic heterocycles. The molecule has 4 heterocycles. The van der Waals surface area contributed by atoms with Crippen LogP contribution in [0.3, 0.4) is 0 Å². The first-order valence-electron chi connectivity index (χ1n) is 6.54. The Hall–Kier alpha value is -0.890. The Labute approximate surface area is 96.7 Å². The van der Waals surface area contributed by atoms with Gasteiger partial charge in [0.05, 0.1) is 0 Å². The molecule has 0 amide bonds. The molecule has 1 saturated carbocycles. The van der Waals surface area contributed by atoms with E-state index in [-0.39, 0.29) is 0 Å². The van der Waals surface area contributed by atoms with Gasteiger partial charge >= 0.3 is 0 Å². The van der Waals surface area contributed by atoms with E-state index in [4.69, 9.17) is 0 Å². The van der Waals surface area contributed by atoms with Gasteiger partial charge in [-0.3, -0.25) is 9.88 Å². The lowest BCUT2D eigenvalue weighted by atomic mass is 9.64. The number of aromatic nitrogens is 1. The summed E-state index contributed by atoms with van der Waals surface area (Å²) in [6.45, 7) is 2.68. The number of rotatable bonds is 1. The average Bonchev–Trinajstić information content (AvgIpc) is 2.29. The van der Waals surface area contributed by atoms with Crippen LogP contribution in [0.1, 0.15) is 30.9 Å². The third-order valence-electron chi connectivity index (χ3n) is 4.79. The van der Waals surface area contributed by atoms with Crippen molar-refractivity contribution in [2.24, 2.45) is 17.8 Å². The minimum atomic E-state index is 0.682. The summed E-state index contributed by atoms with van der Waals surface area (Å²) < 4.78 is 0. The van der Waals surface area contributed by atoms with Crippen LogP contribution in [0, 0.1) is 17.8 Å². The first-order valence-corrected chi connectivity index (χ1v) is 6.54. The summed E-state index contributed by atoms with van der Waals surface area (Å²) >= 11 is 0. The first-order chi connectivity index (χ1) is 7.90. The molecule has 1 aliphatic carbocycles. The standard InChI is InChI=1S/C14H18N2/c1-2-12(7-15-3-1)14-13-5-10-4-11(6-13)9-16(14)8-10/h1-3,7,10-11,13-14H,4-6,8-9H2. The molecule has 3 unspecified atom stereocenters. The second-order valence-corrected chi connectivity index (χ2v) is 5.88. The number of hydrogen-bond donors (Lipinski definition) is 0. The van der Waals surface area contributed by atoms with Crippen LogP contribution in [0.5, 0.6) is 0 Å². The zero-order valence-corrected chi connectivity index (χ0v) is 9.55. The highest BCUT2D eigenvalue weighted by atomic mass is 15.2. The van der Waals surface area contributed by atoms with Crippen molar-refractivity contribution in [2.45, 2.75) is 25.3 Å². The Bertz CT molecular complexity index is 359. The van der Waals surface area contributed by atoms with E-state index in [1.807, 2.05) is 6.20 Å². The van der Waals surface area contributed by atoms with Gasteiger partial charge in [-0.2, -0.15) is 0 Å². The van der Waals surface area contributed by atoms with Gasteiger partial charge in [-0.25, -0.2) is 0 Å². The van der Waals surface area contributed by atoms with Crippen LogP contribution in [0.4, 0.5) is 0 Å². The van der Waals surface area contributed by atoms with Crippen LogP contribution < -0.4 is 0 Å². The van der Waals surface area contributed by atoms with Gasteiger partial charge in [0.15, 0.2) is 0 Å². The molecule has 16 heavy (non-hydrogen) atoms. The van der Waals surface area contributed by atoms with Crippen LogP contribution in [-0.2, 0) is 0 Å². The van der Waals surface area contributed by atoms with E-state index in [9.17, 15) is 0 Å². The lowest BCUT2D eigenvalue weighted by molar-refractivity contribution is -0.0663. The van der Waals surface area contributed by atoms with Crippen molar-refractivity contribution in [3.05, 3.63) is 30.1 Å². The van der Waals surface area contributed by atoms with Gasteiger partial charge in [0.1, 0.15) is 0 Å². The molecule has 4 fully saturated rings. The molecule has 0 aromatic carbocycles. The summed E-state index contributed by atoms with van der Waals surface area (Å²) in [5.41, 5.74) is 1.45. The molecule has 5 rings (SSSR count). The van der Waals surface area contributed by atoms with Crippen molar-refractivity contribution in [2.75, 3.05) is 13.1 Å². The van der Waals surface area contributed by atoms with Crippen molar-refractivity contribution in [3.63, 3.8) is 0 Å². The molecule has 0 N–H and O–H groups in total. The second-order valence-electron chi connectivity index (χ2n) is 5.88. The van der Waals surface area contributed by atoms with E-state index in [0.29, 0.717) is 6.04 Å². The molecular formula is C14H18N2. The van der Waals surface area contributed by atoms with E-state index in [1.165, 1.54) is 37.9 Å². The zero-order valence-electron chi connectivity index (χ0n) is 9.55. The molecule has 1 aromatic heterocycles. The van der Waals surface area contributed by atoms with Crippen LogP contribution >= 0.6 is 0 Å². The Kier molecular flexibility index (Phi) is 1.89. The fourth-order valence-electron chi connectivity index (χ4n) is 4.47. The molecule has 3 saturated heterocycles. The fourth-order valence-corrected chi connectivity index (χ4v) is 4.47. The lowest BCUT2D eigenvalue weighted by Crippen LogP contribution is -2.54. The van der Waals surface area contributed by atoms with Crippen molar-refractivity contribution in [3.8, 4) is 0 Å². The average molecular weight is 214 g/mol. The van der Waals surface area contributed by atoms with Crippen LogP contribution in [0.25, 0.3) is 0 Å². The lowest BCUT2D eigenvalue weighted by Gasteiger charge is -2.56. The van der Waals surface area contributed by atoms with Crippen molar-refractivity contribution in [1.29, 1.82) is 0 Å². The molecule has 1 aromatic rings.